The summed E-state index contributed by atoms with van der Waals surface area (Å²) < 4.78 is 37.3. The summed E-state index contributed by atoms with van der Waals surface area (Å²) in [5, 5.41) is 8.74. The van der Waals surface area contributed by atoms with Crippen molar-refractivity contribution in [2.45, 2.75) is 12.6 Å². The fourth-order valence-corrected chi connectivity index (χ4v) is 1.92. The smallest absolute Gasteiger partial charge is 0.356 e. The Morgan fingerprint density at radius 1 is 1.22 bits per heavy atom. The molecule has 9 heteroatoms. The Morgan fingerprint density at radius 2 is 1.91 bits per heavy atom. The third-order valence-corrected chi connectivity index (χ3v) is 3.07. The minimum Gasteiger partial charge on any atom is -0.356 e. The van der Waals surface area contributed by atoms with Gasteiger partial charge in [-0.15, -0.1) is 24.0 Å². The Hall–Kier alpha value is -1.52. The van der Waals surface area contributed by atoms with Crippen molar-refractivity contribution in [2.24, 2.45) is 4.99 Å². The zero-order chi connectivity index (χ0) is 16.0. The molecule has 0 bridgehead atoms. The number of carbonyl (C=O) groups is 1. The van der Waals surface area contributed by atoms with Gasteiger partial charge in [-0.25, -0.2) is 0 Å². The number of nitrogens with zero attached hydrogens (tertiary/aromatic N) is 1. The molecule has 1 aromatic rings. The van der Waals surface area contributed by atoms with Crippen molar-refractivity contribution in [3.63, 3.8) is 0 Å². The second-order valence-corrected chi connectivity index (χ2v) is 4.77. The molecule has 0 saturated carbocycles. The highest BCUT2D eigenvalue weighted by Crippen LogP contribution is 2.28. The van der Waals surface area contributed by atoms with Gasteiger partial charge in [-0.05, 0) is 30.7 Å². The molecule has 1 aromatic carbocycles. The molecule has 0 saturated heterocycles. The van der Waals surface area contributed by atoms with Crippen LogP contribution >= 0.6 is 24.0 Å². The topological polar surface area (TPSA) is 65.5 Å². The Balaban J connectivity index is 0.00000264. The predicted octanol–water partition coefficient (Wildman–Crippen LogP) is 1.99. The van der Waals surface area contributed by atoms with E-state index in [2.05, 4.69) is 20.9 Å². The summed E-state index contributed by atoms with van der Waals surface area (Å²) in [6, 6.07) is 4.12. The Labute approximate surface area is 149 Å². The number of nitrogens with one attached hydrogen (secondary N) is 3. The lowest BCUT2D eigenvalue weighted by Gasteiger charge is -2.16. The van der Waals surface area contributed by atoms with Gasteiger partial charge in [0.25, 0.3) is 5.91 Å². The molecule has 128 valence electrons. The number of hydrogen-bond donors (Lipinski definition) is 3. The monoisotopic (exact) mass is 442 g/mol. The molecule has 0 fully saturated rings. The van der Waals surface area contributed by atoms with Gasteiger partial charge in [-0.1, -0.05) is 0 Å². The van der Waals surface area contributed by atoms with Crippen molar-refractivity contribution in [2.75, 3.05) is 26.2 Å². The molecule has 0 atom stereocenters. The molecule has 1 heterocycles. The third-order valence-electron chi connectivity index (χ3n) is 3.07. The van der Waals surface area contributed by atoms with Gasteiger partial charge in [0.05, 0.1) is 5.56 Å². The van der Waals surface area contributed by atoms with E-state index in [0.717, 1.165) is 31.6 Å². The predicted molar refractivity (Wildman–Crippen MR) is 92.1 cm³/mol. The van der Waals surface area contributed by atoms with Crippen LogP contribution in [0.1, 0.15) is 22.3 Å². The summed E-state index contributed by atoms with van der Waals surface area (Å²) in [6.45, 7) is 2.47. The second kappa shape index (κ2) is 8.94. The molecule has 0 unspecified atom stereocenters. The molecule has 0 spiro atoms. The van der Waals surface area contributed by atoms with E-state index < -0.39 is 17.6 Å². The van der Waals surface area contributed by atoms with Gasteiger partial charge in [0.15, 0.2) is 5.96 Å². The van der Waals surface area contributed by atoms with E-state index in [0.29, 0.717) is 19.0 Å². The van der Waals surface area contributed by atoms with E-state index in [-0.39, 0.29) is 29.5 Å². The van der Waals surface area contributed by atoms with Crippen molar-refractivity contribution in [3.8, 4) is 0 Å². The van der Waals surface area contributed by atoms with E-state index in [1.54, 1.807) is 0 Å². The molecule has 5 nitrogen and oxygen atoms in total. The largest absolute Gasteiger partial charge is 0.416 e. The second-order valence-electron chi connectivity index (χ2n) is 4.77. The fraction of sp³-hybridized carbons (Fsp3) is 0.429. The van der Waals surface area contributed by atoms with E-state index in [9.17, 15) is 18.0 Å². The van der Waals surface area contributed by atoms with Crippen molar-refractivity contribution in [1.29, 1.82) is 0 Å². The number of rotatable bonds is 4. The van der Waals surface area contributed by atoms with Gasteiger partial charge >= 0.3 is 6.18 Å². The average molecular weight is 442 g/mol. The molecule has 1 amide bonds. The Kier molecular flexibility index (Phi) is 7.59. The van der Waals surface area contributed by atoms with Crippen LogP contribution in [0.3, 0.4) is 0 Å². The minimum atomic E-state index is -4.40. The van der Waals surface area contributed by atoms with Crippen molar-refractivity contribution >= 4 is 35.8 Å². The first-order chi connectivity index (χ1) is 10.5. The molecule has 0 radical (unpaired) electrons. The lowest BCUT2D eigenvalue weighted by Crippen LogP contribution is -2.43. The van der Waals surface area contributed by atoms with Gasteiger partial charge in [0.2, 0.25) is 0 Å². The van der Waals surface area contributed by atoms with Crippen molar-refractivity contribution in [3.05, 3.63) is 35.4 Å². The van der Waals surface area contributed by atoms with E-state index >= 15 is 0 Å². The number of hydrogen-bond acceptors (Lipinski definition) is 4. The van der Waals surface area contributed by atoms with Crippen LogP contribution < -0.4 is 16.0 Å². The van der Waals surface area contributed by atoms with Crippen LogP contribution in [-0.2, 0) is 6.18 Å². The maximum absolute atomic E-state index is 12.4. The normalized spacial score (nSPS) is 14.1. The quantitative estimate of drug-likeness (QED) is 0.494. The molecule has 3 N–H and O–H groups in total. The molecule has 1 aliphatic heterocycles. The lowest BCUT2D eigenvalue weighted by atomic mass is 10.1. The maximum atomic E-state index is 12.4. The van der Waals surface area contributed by atoms with Crippen LogP contribution in [0.5, 0.6) is 0 Å². The standard InChI is InChI=1S/C14H17F3N4O.HI/c15-14(16,17)11-4-2-10(3-5-11)12(22)18-8-9-21-13-19-6-1-7-20-13;/h2-5H,1,6-9H2,(H,18,22)(H2,19,20,21);1H. The molecular weight excluding hydrogens is 424 g/mol. The summed E-state index contributed by atoms with van der Waals surface area (Å²) >= 11 is 0. The number of alkyl halides is 3. The van der Waals surface area contributed by atoms with E-state index in [4.69, 9.17) is 0 Å². The first-order valence-corrected chi connectivity index (χ1v) is 6.94. The molecule has 0 aromatic heterocycles. The first-order valence-electron chi connectivity index (χ1n) is 6.94. The number of carbonyl (C=O) groups excluding carboxylic acids is 1. The summed E-state index contributed by atoms with van der Waals surface area (Å²) in [7, 11) is 0. The highest BCUT2D eigenvalue weighted by atomic mass is 127. The fourth-order valence-electron chi connectivity index (χ4n) is 1.92. The van der Waals surface area contributed by atoms with Crippen LogP contribution in [0, 0.1) is 0 Å². The van der Waals surface area contributed by atoms with Crippen molar-refractivity contribution < 1.29 is 18.0 Å². The maximum Gasteiger partial charge on any atom is 0.416 e. The lowest BCUT2D eigenvalue weighted by molar-refractivity contribution is -0.137. The van der Waals surface area contributed by atoms with Crippen LogP contribution in [0.2, 0.25) is 0 Å². The molecule has 1 aliphatic rings. The highest BCUT2D eigenvalue weighted by molar-refractivity contribution is 14.0. The van der Waals surface area contributed by atoms with E-state index in [1.807, 2.05) is 0 Å². The first kappa shape index (κ1) is 19.5. The van der Waals surface area contributed by atoms with E-state index in [1.165, 1.54) is 12.1 Å². The van der Waals surface area contributed by atoms with Crippen LogP contribution in [-0.4, -0.2) is 38.0 Å². The summed E-state index contributed by atoms with van der Waals surface area (Å²) in [6.07, 6.45) is -3.40. The van der Waals surface area contributed by atoms with Crippen LogP contribution in [0.25, 0.3) is 0 Å². The zero-order valence-corrected chi connectivity index (χ0v) is 14.6. The van der Waals surface area contributed by atoms with Crippen molar-refractivity contribution in [1.82, 2.24) is 16.0 Å². The Morgan fingerprint density at radius 3 is 2.48 bits per heavy atom. The number of halogens is 4. The number of aliphatic imine (C=N–C) groups is 1. The molecule has 2 rings (SSSR count). The van der Waals surface area contributed by atoms with Gasteiger partial charge < -0.3 is 16.0 Å². The molecule has 23 heavy (non-hydrogen) atoms. The summed E-state index contributed by atoms with van der Waals surface area (Å²) in [5.41, 5.74) is -0.576. The molecular formula is C14H18F3IN4O. The average Bonchev–Trinajstić information content (AvgIpc) is 2.52. The number of amides is 1. The highest BCUT2D eigenvalue weighted by Gasteiger charge is 2.30. The van der Waals surface area contributed by atoms with Gasteiger partial charge in [-0.2, -0.15) is 13.2 Å². The van der Waals surface area contributed by atoms with Crippen LogP contribution in [0.15, 0.2) is 29.3 Å². The van der Waals surface area contributed by atoms with Gasteiger partial charge in [0.1, 0.15) is 0 Å². The number of guanidine groups is 1. The Bertz CT molecular complexity index is 546. The zero-order valence-electron chi connectivity index (χ0n) is 12.2. The van der Waals surface area contributed by atoms with Gasteiger partial charge in [0, 0.05) is 31.7 Å². The summed E-state index contributed by atoms with van der Waals surface area (Å²) in [5.74, 6) is 0.295. The van der Waals surface area contributed by atoms with Crippen LogP contribution in [0.4, 0.5) is 13.2 Å². The third kappa shape index (κ3) is 6.24. The summed E-state index contributed by atoms with van der Waals surface area (Å²) in [4.78, 5) is 16.0. The number of benzene rings is 1. The SMILES string of the molecule is I.O=C(NCCNC1=NCCCN1)c1ccc(C(F)(F)F)cc1. The van der Waals surface area contributed by atoms with Gasteiger partial charge in [-0.3, -0.25) is 9.79 Å². The molecule has 0 aliphatic carbocycles. The minimum absolute atomic E-state index is 0.